The van der Waals surface area contributed by atoms with E-state index in [0.717, 1.165) is 0 Å². The summed E-state index contributed by atoms with van der Waals surface area (Å²) in [6, 6.07) is 2.67. The average Bonchev–Trinajstić information content (AvgIpc) is 2.54. The molecule has 1 aromatic carbocycles. The van der Waals surface area contributed by atoms with E-state index in [9.17, 15) is 9.18 Å². The zero-order valence-electron chi connectivity index (χ0n) is 6.04. The van der Waals surface area contributed by atoms with Gasteiger partial charge in [0.15, 0.2) is 6.29 Å². The van der Waals surface area contributed by atoms with Gasteiger partial charge in [-0.3, -0.25) is 9.89 Å². The van der Waals surface area contributed by atoms with Crippen molar-refractivity contribution >= 4 is 17.2 Å². The first-order chi connectivity index (χ1) is 5.83. The molecule has 2 rings (SSSR count). The molecule has 0 saturated heterocycles. The smallest absolute Gasteiger partial charge is 0.152 e. The number of benzene rings is 1. The maximum Gasteiger partial charge on any atom is 0.152 e. The Morgan fingerprint density at radius 3 is 3.08 bits per heavy atom. The van der Waals surface area contributed by atoms with E-state index < -0.39 is 0 Å². The third-order valence-electron chi connectivity index (χ3n) is 1.72. The van der Waals surface area contributed by atoms with Crippen molar-refractivity contribution in [2.24, 2.45) is 0 Å². The number of halogens is 1. The van der Waals surface area contributed by atoms with Crippen LogP contribution in [0.1, 0.15) is 10.4 Å². The number of carbonyl (C=O) groups is 1. The molecule has 0 unspecified atom stereocenters. The number of hydrogen-bond donors (Lipinski definition) is 1. The second kappa shape index (κ2) is 2.41. The number of aromatic nitrogens is 2. The minimum absolute atomic E-state index is 0.347. The lowest BCUT2D eigenvalue weighted by Crippen LogP contribution is -1.84. The Morgan fingerprint density at radius 1 is 1.50 bits per heavy atom. The Kier molecular flexibility index (Phi) is 1.40. The molecule has 0 aliphatic carbocycles. The zero-order valence-corrected chi connectivity index (χ0v) is 6.04. The summed E-state index contributed by atoms with van der Waals surface area (Å²) in [5.74, 6) is -0.371. The molecular weight excluding hydrogens is 159 g/mol. The van der Waals surface area contributed by atoms with Gasteiger partial charge in [-0.05, 0) is 12.1 Å². The molecule has 0 amide bonds. The van der Waals surface area contributed by atoms with E-state index in [2.05, 4.69) is 10.2 Å². The second-order valence-corrected chi connectivity index (χ2v) is 2.41. The van der Waals surface area contributed by atoms with Crippen LogP contribution in [0.4, 0.5) is 4.39 Å². The van der Waals surface area contributed by atoms with Crippen LogP contribution in [0.5, 0.6) is 0 Å². The number of fused-ring (bicyclic) bond motifs is 1. The quantitative estimate of drug-likeness (QED) is 0.649. The fourth-order valence-corrected chi connectivity index (χ4v) is 1.12. The Balaban J connectivity index is 2.91. The molecule has 1 N–H and O–H groups in total. The van der Waals surface area contributed by atoms with E-state index in [1.54, 1.807) is 0 Å². The third kappa shape index (κ3) is 0.812. The summed E-state index contributed by atoms with van der Waals surface area (Å²) in [6.45, 7) is 0. The lowest BCUT2D eigenvalue weighted by Gasteiger charge is -1.93. The summed E-state index contributed by atoms with van der Waals surface area (Å²) in [4.78, 5) is 10.5. The van der Waals surface area contributed by atoms with Crippen LogP contribution in [0.25, 0.3) is 10.9 Å². The molecule has 0 atom stereocenters. The summed E-state index contributed by atoms with van der Waals surface area (Å²) in [7, 11) is 0. The molecule has 2 aromatic rings. The first-order valence-electron chi connectivity index (χ1n) is 3.39. The van der Waals surface area contributed by atoms with Crippen molar-refractivity contribution in [1.29, 1.82) is 0 Å². The van der Waals surface area contributed by atoms with E-state index in [4.69, 9.17) is 0 Å². The first kappa shape index (κ1) is 6.97. The SMILES string of the molecule is O=Cc1ccc(F)c2cn[nH]c12. The molecule has 0 bridgehead atoms. The molecule has 1 heterocycles. The number of aldehydes is 1. The highest BCUT2D eigenvalue weighted by Gasteiger charge is 2.05. The molecule has 4 heteroatoms. The second-order valence-electron chi connectivity index (χ2n) is 2.41. The van der Waals surface area contributed by atoms with E-state index in [1.807, 2.05) is 0 Å². The van der Waals surface area contributed by atoms with E-state index in [-0.39, 0.29) is 5.82 Å². The average molecular weight is 164 g/mol. The number of carbonyl (C=O) groups excluding carboxylic acids is 1. The van der Waals surface area contributed by atoms with Crippen molar-refractivity contribution in [3.8, 4) is 0 Å². The Labute approximate surface area is 67.2 Å². The number of nitrogens with zero attached hydrogens (tertiary/aromatic N) is 1. The summed E-state index contributed by atoms with van der Waals surface area (Å²) >= 11 is 0. The number of hydrogen-bond acceptors (Lipinski definition) is 2. The molecule has 0 aliphatic rings. The molecule has 0 saturated carbocycles. The zero-order chi connectivity index (χ0) is 8.55. The topological polar surface area (TPSA) is 45.8 Å². The van der Waals surface area contributed by atoms with Crippen LogP contribution >= 0.6 is 0 Å². The minimum atomic E-state index is -0.371. The van der Waals surface area contributed by atoms with Crippen LogP contribution < -0.4 is 0 Å². The molecule has 0 spiro atoms. The first-order valence-corrected chi connectivity index (χ1v) is 3.39. The van der Waals surface area contributed by atoms with Crippen molar-refractivity contribution in [3.63, 3.8) is 0 Å². The van der Waals surface area contributed by atoms with Gasteiger partial charge in [0, 0.05) is 5.56 Å². The van der Waals surface area contributed by atoms with Crippen LogP contribution in [-0.2, 0) is 0 Å². The van der Waals surface area contributed by atoms with Crippen LogP contribution in [-0.4, -0.2) is 16.5 Å². The molecule has 0 radical (unpaired) electrons. The lowest BCUT2D eigenvalue weighted by molar-refractivity contribution is 0.112. The molecule has 1 aromatic heterocycles. The van der Waals surface area contributed by atoms with E-state index >= 15 is 0 Å². The van der Waals surface area contributed by atoms with Gasteiger partial charge < -0.3 is 0 Å². The highest BCUT2D eigenvalue weighted by molar-refractivity contribution is 5.95. The number of rotatable bonds is 1. The van der Waals surface area contributed by atoms with Crippen molar-refractivity contribution in [3.05, 3.63) is 29.7 Å². The van der Waals surface area contributed by atoms with Crippen molar-refractivity contribution in [1.82, 2.24) is 10.2 Å². The molecule has 0 aliphatic heterocycles. The van der Waals surface area contributed by atoms with Gasteiger partial charge in [-0.2, -0.15) is 5.10 Å². The molecule has 60 valence electrons. The van der Waals surface area contributed by atoms with Gasteiger partial charge in [0.1, 0.15) is 5.82 Å². The molecule has 0 fully saturated rings. The predicted molar refractivity (Wildman–Crippen MR) is 41.4 cm³/mol. The largest absolute Gasteiger partial charge is 0.298 e. The lowest BCUT2D eigenvalue weighted by atomic mass is 10.1. The molecular formula is C8H5FN2O. The maximum atomic E-state index is 13.0. The van der Waals surface area contributed by atoms with Crippen molar-refractivity contribution < 1.29 is 9.18 Å². The van der Waals surface area contributed by atoms with Gasteiger partial charge >= 0.3 is 0 Å². The predicted octanol–water partition coefficient (Wildman–Crippen LogP) is 1.51. The fourth-order valence-electron chi connectivity index (χ4n) is 1.12. The van der Waals surface area contributed by atoms with E-state index in [0.29, 0.717) is 22.8 Å². The number of H-pyrrole nitrogens is 1. The molecule has 12 heavy (non-hydrogen) atoms. The van der Waals surface area contributed by atoms with E-state index in [1.165, 1.54) is 18.3 Å². The van der Waals surface area contributed by atoms with Crippen LogP contribution in [0.15, 0.2) is 18.3 Å². The third-order valence-corrected chi connectivity index (χ3v) is 1.72. The Bertz CT molecular complexity index is 436. The minimum Gasteiger partial charge on any atom is -0.298 e. The van der Waals surface area contributed by atoms with Gasteiger partial charge in [0.2, 0.25) is 0 Å². The van der Waals surface area contributed by atoms with Gasteiger partial charge in [-0.1, -0.05) is 0 Å². The number of aromatic amines is 1. The molecule has 3 nitrogen and oxygen atoms in total. The summed E-state index contributed by atoms with van der Waals surface area (Å²) in [5.41, 5.74) is 0.869. The van der Waals surface area contributed by atoms with Crippen molar-refractivity contribution in [2.75, 3.05) is 0 Å². The summed E-state index contributed by atoms with van der Waals surface area (Å²) in [6.07, 6.45) is 2.03. The number of nitrogens with one attached hydrogen (secondary N) is 1. The highest BCUT2D eigenvalue weighted by Crippen LogP contribution is 2.17. The summed E-state index contributed by atoms with van der Waals surface area (Å²) < 4.78 is 13.0. The van der Waals surface area contributed by atoms with Crippen LogP contribution in [0, 0.1) is 5.82 Å². The highest BCUT2D eigenvalue weighted by atomic mass is 19.1. The monoisotopic (exact) mass is 164 g/mol. The fraction of sp³-hybridized carbons (Fsp3) is 0. The van der Waals surface area contributed by atoms with Gasteiger partial charge in [-0.25, -0.2) is 4.39 Å². The normalized spacial score (nSPS) is 10.4. The van der Waals surface area contributed by atoms with Gasteiger partial charge in [0.25, 0.3) is 0 Å². The van der Waals surface area contributed by atoms with Crippen molar-refractivity contribution in [2.45, 2.75) is 0 Å². The summed E-state index contributed by atoms with van der Waals surface area (Å²) in [5, 5.41) is 6.55. The Morgan fingerprint density at radius 2 is 2.33 bits per heavy atom. The maximum absolute atomic E-state index is 13.0. The van der Waals surface area contributed by atoms with Crippen LogP contribution in [0.2, 0.25) is 0 Å². The van der Waals surface area contributed by atoms with Gasteiger partial charge in [-0.15, -0.1) is 0 Å². The standard InChI is InChI=1S/C8H5FN2O/c9-7-2-1-5(4-12)8-6(7)3-10-11-8/h1-4H,(H,10,11). The Hall–Kier alpha value is -1.71. The van der Waals surface area contributed by atoms with Crippen LogP contribution in [0.3, 0.4) is 0 Å². The van der Waals surface area contributed by atoms with Gasteiger partial charge in [0.05, 0.1) is 17.1 Å².